The van der Waals surface area contributed by atoms with Crippen LogP contribution in [0.3, 0.4) is 0 Å². The van der Waals surface area contributed by atoms with Crippen LogP contribution in [0.1, 0.15) is 25.1 Å². The SMILES string of the molecule is CC(=O)Oc1ccc(Cc2cnc(SC(C)=O)[nH]2)cc1. The number of nitrogens with one attached hydrogen (secondary N) is 1. The van der Waals surface area contributed by atoms with E-state index >= 15 is 0 Å². The molecular weight excluding hydrogens is 276 g/mol. The van der Waals surface area contributed by atoms with Crippen molar-refractivity contribution in [2.24, 2.45) is 0 Å². The third-order valence-electron chi connectivity index (χ3n) is 2.43. The van der Waals surface area contributed by atoms with Gasteiger partial charge in [0.2, 0.25) is 0 Å². The van der Waals surface area contributed by atoms with E-state index in [4.69, 9.17) is 4.74 Å². The molecule has 5 nitrogen and oxygen atoms in total. The van der Waals surface area contributed by atoms with Crippen LogP contribution in [0.4, 0.5) is 0 Å². The molecule has 1 N–H and O–H groups in total. The van der Waals surface area contributed by atoms with Crippen molar-refractivity contribution >= 4 is 22.8 Å². The number of carbonyl (C=O) groups is 2. The van der Waals surface area contributed by atoms with Crippen LogP contribution in [0.5, 0.6) is 5.75 Å². The third kappa shape index (κ3) is 4.24. The number of aromatic nitrogens is 2. The molecule has 0 saturated carbocycles. The molecule has 0 saturated heterocycles. The second kappa shape index (κ2) is 6.38. The molecule has 1 aromatic heterocycles. The summed E-state index contributed by atoms with van der Waals surface area (Å²) in [5, 5.41) is 0.598. The summed E-state index contributed by atoms with van der Waals surface area (Å²) in [7, 11) is 0. The molecule has 6 heteroatoms. The second-order valence-electron chi connectivity index (χ2n) is 4.22. The minimum Gasteiger partial charge on any atom is -0.427 e. The number of imidazole rings is 1. The van der Waals surface area contributed by atoms with Gasteiger partial charge in [0.25, 0.3) is 0 Å². The van der Waals surface area contributed by atoms with Crippen LogP contribution in [0.2, 0.25) is 0 Å². The van der Waals surface area contributed by atoms with Crippen molar-refractivity contribution in [1.82, 2.24) is 9.97 Å². The zero-order valence-corrected chi connectivity index (χ0v) is 12.0. The fraction of sp³-hybridized carbons (Fsp3) is 0.214. The molecule has 2 rings (SSSR count). The maximum absolute atomic E-state index is 11.0. The second-order valence-corrected chi connectivity index (χ2v) is 5.39. The molecule has 0 aliphatic heterocycles. The Morgan fingerprint density at radius 1 is 1.25 bits per heavy atom. The molecule has 0 bridgehead atoms. The summed E-state index contributed by atoms with van der Waals surface area (Å²) in [6, 6.07) is 7.27. The number of ether oxygens (including phenoxy) is 1. The number of aromatic amines is 1. The number of hydrogen-bond donors (Lipinski definition) is 1. The molecule has 0 amide bonds. The van der Waals surface area contributed by atoms with Crippen molar-refractivity contribution in [1.29, 1.82) is 0 Å². The van der Waals surface area contributed by atoms with Crippen LogP contribution >= 0.6 is 11.8 Å². The average molecular weight is 290 g/mol. The van der Waals surface area contributed by atoms with Gasteiger partial charge in [-0.1, -0.05) is 12.1 Å². The maximum atomic E-state index is 11.0. The number of nitrogens with zero attached hydrogens (tertiary/aromatic N) is 1. The van der Waals surface area contributed by atoms with Crippen molar-refractivity contribution in [3.8, 4) is 5.75 Å². The van der Waals surface area contributed by atoms with Gasteiger partial charge in [0, 0.05) is 32.2 Å². The maximum Gasteiger partial charge on any atom is 0.308 e. The van der Waals surface area contributed by atoms with E-state index in [1.54, 1.807) is 18.3 Å². The number of esters is 1. The molecule has 0 fully saturated rings. The van der Waals surface area contributed by atoms with Crippen molar-refractivity contribution in [2.75, 3.05) is 0 Å². The highest BCUT2D eigenvalue weighted by Gasteiger charge is 2.05. The topological polar surface area (TPSA) is 72.0 Å². The fourth-order valence-corrected chi connectivity index (χ4v) is 2.24. The molecule has 0 aliphatic carbocycles. The van der Waals surface area contributed by atoms with Gasteiger partial charge < -0.3 is 9.72 Å². The zero-order valence-electron chi connectivity index (χ0n) is 11.2. The average Bonchev–Trinajstić information content (AvgIpc) is 2.77. The molecule has 104 valence electrons. The molecule has 1 heterocycles. The Morgan fingerprint density at radius 3 is 2.55 bits per heavy atom. The Labute approximate surface area is 120 Å². The standard InChI is InChI=1S/C14H14N2O3S/c1-9(17)19-13-5-3-11(4-6-13)7-12-8-15-14(16-12)20-10(2)18/h3-6,8H,7H2,1-2H3,(H,15,16). The van der Waals surface area contributed by atoms with E-state index in [1.807, 2.05) is 12.1 Å². The van der Waals surface area contributed by atoms with E-state index in [2.05, 4.69) is 9.97 Å². The zero-order chi connectivity index (χ0) is 14.5. The van der Waals surface area contributed by atoms with Crippen LogP contribution in [0.25, 0.3) is 0 Å². The predicted octanol–water partition coefficient (Wildman–Crippen LogP) is 2.56. The summed E-state index contributed by atoms with van der Waals surface area (Å²) in [6.45, 7) is 2.87. The van der Waals surface area contributed by atoms with E-state index in [0.717, 1.165) is 23.0 Å². The van der Waals surface area contributed by atoms with Gasteiger partial charge in [-0.25, -0.2) is 4.98 Å². The van der Waals surface area contributed by atoms with Gasteiger partial charge in [-0.3, -0.25) is 9.59 Å². The predicted molar refractivity (Wildman–Crippen MR) is 75.7 cm³/mol. The first kappa shape index (κ1) is 14.3. The number of H-pyrrole nitrogens is 1. The summed E-state index contributed by atoms with van der Waals surface area (Å²) in [6.07, 6.45) is 2.39. The molecule has 0 aliphatic rings. The van der Waals surface area contributed by atoms with Crippen LogP contribution in [0, 0.1) is 0 Å². The molecule has 1 aromatic carbocycles. The lowest BCUT2D eigenvalue weighted by molar-refractivity contribution is -0.131. The van der Waals surface area contributed by atoms with Gasteiger partial charge in [0.05, 0.1) is 0 Å². The number of rotatable bonds is 4. The van der Waals surface area contributed by atoms with E-state index < -0.39 is 0 Å². The third-order valence-corrected chi connectivity index (χ3v) is 3.11. The van der Waals surface area contributed by atoms with Crippen molar-refractivity contribution in [3.63, 3.8) is 0 Å². The normalized spacial score (nSPS) is 10.3. The Balaban J connectivity index is 2.00. The van der Waals surface area contributed by atoms with Crippen LogP contribution in [-0.4, -0.2) is 21.1 Å². The monoisotopic (exact) mass is 290 g/mol. The number of carbonyl (C=O) groups excluding carboxylic acids is 2. The molecule has 0 unspecified atom stereocenters. The highest BCUT2D eigenvalue weighted by molar-refractivity contribution is 8.13. The first-order valence-corrected chi connectivity index (χ1v) is 6.84. The molecule has 2 aromatic rings. The first-order chi connectivity index (χ1) is 9.52. The Hall–Kier alpha value is -2.08. The molecular formula is C14H14N2O3S. The van der Waals surface area contributed by atoms with Crippen LogP contribution in [0.15, 0.2) is 35.6 Å². The Morgan fingerprint density at radius 2 is 1.95 bits per heavy atom. The van der Waals surface area contributed by atoms with Gasteiger partial charge in [0.15, 0.2) is 10.3 Å². The fourth-order valence-electron chi connectivity index (χ4n) is 1.68. The molecule has 0 spiro atoms. The van der Waals surface area contributed by atoms with Gasteiger partial charge in [-0.15, -0.1) is 0 Å². The van der Waals surface area contributed by atoms with Crippen molar-refractivity contribution in [2.45, 2.75) is 25.4 Å². The lowest BCUT2D eigenvalue weighted by Gasteiger charge is -2.03. The summed E-state index contributed by atoms with van der Waals surface area (Å²) < 4.78 is 4.97. The van der Waals surface area contributed by atoms with E-state index in [-0.39, 0.29) is 11.1 Å². The lowest BCUT2D eigenvalue weighted by atomic mass is 10.1. The first-order valence-electron chi connectivity index (χ1n) is 6.02. The van der Waals surface area contributed by atoms with Gasteiger partial charge in [0.1, 0.15) is 5.75 Å². The van der Waals surface area contributed by atoms with Gasteiger partial charge >= 0.3 is 5.97 Å². The van der Waals surface area contributed by atoms with E-state index in [1.165, 1.54) is 13.8 Å². The number of benzene rings is 1. The van der Waals surface area contributed by atoms with Crippen LogP contribution in [-0.2, 0) is 16.0 Å². The lowest BCUT2D eigenvalue weighted by Crippen LogP contribution is -2.01. The van der Waals surface area contributed by atoms with Crippen LogP contribution < -0.4 is 4.74 Å². The van der Waals surface area contributed by atoms with Gasteiger partial charge in [-0.2, -0.15) is 0 Å². The molecule has 20 heavy (non-hydrogen) atoms. The minimum atomic E-state index is -0.336. The van der Waals surface area contributed by atoms with Gasteiger partial charge in [-0.05, 0) is 29.5 Å². The van der Waals surface area contributed by atoms with Crippen molar-refractivity contribution in [3.05, 3.63) is 41.7 Å². The summed E-state index contributed by atoms with van der Waals surface area (Å²) in [5.41, 5.74) is 1.98. The van der Waals surface area contributed by atoms with Crippen molar-refractivity contribution < 1.29 is 14.3 Å². The summed E-state index contributed by atoms with van der Waals surface area (Å²) in [4.78, 5) is 29.0. The molecule has 0 atom stereocenters. The van der Waals surface area contributed by atoms with E-state index in [9.17, 15) is 9.59 Å². The number of thioether (sulfide) groups is 1. The largest absolute Gasteiger partial charge is 0.427 e. The summed E-state index contributed by atoms with van der Waals surface area (Å²) in [5.74, 6) is 0.191. The smallest absolute Gasteiger partial charge is 0.308 e. The highest BCUT2D eigenvalue weighted by atomic mass is 32.2. The minimum absolute atomic E-state index is 0.00312. The van der Waals surface area contributed by atoms with E-state index in [0.29, 0.717) is 17.3 Å². The Kier molecular flexibility index (Phi) is 4.57. The highest BCUT2D eigenvalue weighted by Crippen LogP contribution is 2.18. The summed E-state index contributed by atoms with van der Waals surface area (Å²) >= 11 is 1.08. The number of hydrogen-bond acceptors (Lipinski definition) is 5. The quantitative estimate of drug-likeness (QED) is 0.532. The molecule has 0 radical (unpaired) electrons. The Bertz CT molecular complexity index is 620.